The highest BCUT2D eigenvalue weighted by atomic mass is 79.9. The van der Waals surface area contributed by atoms with E-state index in [1.165, 1.54) is 12.3 Å². The highest BCUT2D eigenvalue weighted by Crippen LogP contribution is 2.19. The molecule has 5 heteroatoms. The van der Waals surface area contributed by atoms with E-state index in [0.29, 0.717) is 5.56 Å². The molecule has 1 aromatic carbocycles. The Bertz CT molecular complexity index is 522. The minimum atomic E-state index is -0.282. The van der Waals surface area contributed by atoms with Crippen LogP contribution in [0.1, 0.15) is 15.9 Å². The number of rotatable bonds is 3. The third-order valence-electron chi connectivity index (χ3n) is 2.23. The summed E-state index contributed by atoms with van der Waals surface area (Å²) in [6, 6.07) is 9.07. The minimum Gasteiger partial charge on any atom is -0.452 e. The second kappa shape index (κ2) is 5.38. The van der Waals surface area contributed by atoms with Gasteiger partial charge in [-0.05, 0) is 35.4 Å². The molecule has 0 spiro atoms. The van der Waals surface area contributed by atoms with Crippen LogP contribution < -0.4 is 5.32 Å². The van der Waals surface area contributed by atoms with Crippen LogP contribution in [0.3, 0.4) is 0 Å². The quantitative estimate of drug-likeness (QED) is 0.867. The van der Waals surface area contributed by atoms with Gasteiger partial charge in [0.05, 0.1) is 11.8 Å². The standard InChI is InChI=1S/C12H9BrClNO2/c13-7-8-1-3-9(4-2-8)15-12(16)10-5-6-17-11(10)14/h1-6H,7H2,(H,15,16). The van der Waals surface area contributed by atoms with Crippen LogP contribution in [0.4, 0.5) is 5.69 Å². The number of carbonyl (C=O) groups is 1. The summed E-state index contributed by atoms with van der Waals surface area (Å²) in [6.45, 7) is 0. The molecule has 1 aromatic heterocycles. The zero-order valence-electron chi connectivity index (χ0n) is 8.74. The van der Waals surface area contributed by atoms with E-state index in [4.69, 9.17) is 16.0 Å². The van der Waals surface area contributed by atoms with Crippen molar-refractivity contribution in [2.75, 3.05) is 5.32 Å². The Balaban J connectivity index is 2.10. The van der Waals surface area contributed by atoms with Crippen LogP contribution in [-0.4, -0.2) is 5.91 Å². The van der Waals surface area contributed by atoms with Gasteiger partial charge in [0.25, 0.3) is 5.91 Å². The van der Waals surface area contributed by atoms with Gasteiger partial charge in [0.2, 0.25) is 5.22 Å². The third kappa shape index (κ3) is 2.90. The third-order valence-corrected chi connectivity index (χ3v) is 3.17. The van der Waals surface area contributed by atoms with E-state index in [1.54, 1.807) is 0 Å². The molecule has 0 aliphatic carbocycles. The van der Waals surface area contributed by atoms with Gasteiger partial charge < -0.3 is 9.73 Å². The zero-order chi connectivity index (χ0) is 12.3. The molecule has 2 rings (SSSR count). The highest BCUT2D eigenvalue weighted by molar-refractivity contribution is 9.08. The van der Waals surface area contributed by atoms with Gasteiger partial charge in [0.15, 0.2) is 0 Å². The molecule has 3 nitrogen and oxygen atoms in total. The number of benzene rings is 1. The Morgan fingerprint density at radius 1 is 1.29 bits per heavy atom. The number of anilines is 1. The average molecular weight is 315 g/mol. The van der Waals surface area contributed by atoms with Crippen molar-refractivity contribution in [1.82, 2.24) is 0 Å². The molecule has 0 fully saturated rings. The van der Waals surface area contributed by atoms with E-state index in [2.05, 4.69) is 21.2 Å². The lowest BCUT2D eigenvalue weighted by Gasteiger charge is -2.04. The molecule has 0 aliphatic rings. The molecule has 1 amide bonds. The van der Waals surface area contributed by atoms with E-state index >= 15 is 0 Å². The van der Waals surface area contributed by atoms with Crippen LogP contribution in [0.5, 0.6) is 0 Å². The molecule has 17 heavy (non-hydrogen) atoms. The molecule has 0 bridgehead atoms. The summed E-state index contributed by atoms with van der Waals surface area (Å²) in [5.74, 6) is -0.282. The Morgan fingerprint density at radius 3 is 2.53 bits per heavy atom. The fourth-order valence-electron chi connectivity index (χ4n) is 1.33. The summed E-state index contributed by atoms with van der Waals surface area (Å²) < 4.78 is 4.86. The summed E-state index contributed by atoms with van der Waals surface area (Å²) in [6.07, 6.45) is 1.38. The van der Waals surface area contributed by atoms with Crippen LogP contribution in [0, 0.1) is 0 Å². The molecule has 1 N–H and O–H groups in total. The number of halogens is 2. The average Bonchev–Trinajstić information content (AvgIpc) is 2.76. The Labute approximate surface area is 112 Å². The summed E-state index contributed by atoms with van der Waals surface area (Å²) in [7, 11) is 0. The Morgan fingerprint density at radius 2 is 2.00 bits per heavy atom. The van der Waals surface area contributed by atoms with Crippen LogP contribution >= 0.6 is 27.5 Å². The van der Waals surface area contributed by atoms with Gasteiger partial charge in [-0.25, -0.2) is 0 Å². The molecule has 0 saturated heterocycles. The van der Waals surface area contributed by atoms with Crippen molar-refractivity contribution in [2.45, 2.75) is 5.33 Å². The lowest BCUT2D eigenvalue weighted by molar-refractivity contribution is 0.102. The second-order valence-corrected chi connectivity index (χ2v) is 4.30. The molecule has 0 atom stereocenters. The monoisotopic (exact) mass is 313 g/mol. The smallest absolute Gasteiger partial charge is 0.260 e. The van der Waals surface area contributed by atoms with Crippen molar-refractivity contribution in [3.63, 3.8) is 0 Å². The van der Waals surface area contributed by atoms with Gasteiger partial charge in [-0.3, -0.25) is 4.79 Å². The van der Waals surface area contributed by atoms with E-state index < -0.39 is 0 Å². The molecule has 0 saturated carbocycles. The van der Waals surface area contributed by atoms with Crippen LogP contribution in [0.25, 0.3) is 0 Å². The summed E-state index contributed by atoms with van der Waals surface area (Å²) in [4.78, 5) is 11.8. The lowest BCUT2D eigenvalue weighted by Crippen LogP contribution is -2.11. The number of furan rings is 1. The molecule has 0 unspecified atom stereocenters. The van der Waals surface area contributed by atoms with Crippen LogP contribution in [0.15, 0.2) is 41.0 Å². The first-order chi connectivity index (χ1) is 8.20. The van der Waals surface area contributed by atoms with E-state index in [0.717, 1.165) is 16.6 Å². The normalized spacial score (nSPS) is 10.2. The van der Waals surface area contributed by atoms with Crippen molar-refractivity contribution >= 4 is 39.1 Å². The number of hydrogen-bond donors (Lipinski definition) is 1. The van der Waals surface area contributed by atoms with Crippen molar-refractivity contribution in [1.29, 1.82) is 0 Å². The van der Waals surface area contributed by atoms with Crippen molar-refractivity contribution < 1.29 is 9.21 Å². The topological polar surface area (TPSA) is 42.2 Å². The first kappa shape index (κ1) is 12.2. The zero-order valence-corrected chi connectivity index (χ0v) is 11.1. The van der Waals surface area contributed by atoms with E-state index in [1.807, 2.05) is 24.3 Å². The fourth-order valence-corrected chi connectivity index (χ4v) is 1.91. The fraction of sp³-hybridized carbons (Fsp3) is 0.0833. The number of carbonyl (C=O) groups excluding carboxylic acids is 1. The number of hydrogen-bond acceptors (Lipinski definition) is 2. The van der Waals surface area contributed by atoms with Crippen molar-refractivity contribution in [3.8, 4) is 0 Å². The number of nitrogens with one attached hydrogen (secondary N) is 1. The van der Waals surface area contributed by atoms with Crippen molar-refractivity contribution in [2.24, 2.45) is 0 Å². The van der Waals surface area contributed by atoms with Crippen LogP contribution in [-0.2, 0) is 5.33 Å². The summed E-state index contributed by atoms with van der Waals surface area (Å²) in [5, 5.41) is 3.62. The minimum absolute atomic E-state index is 0.0968. The molecule has 2 aromatic rings. The van der Waals surface area contributed by atoms with Crippen LogP contribution in [0.2, 0.25) is 5.22 Å². The van der Waals surface area contributed by atoms with Gasteiger partial charge in [0.1, 0.15) is 0 Å². The molecular formula is C12H9BrClNO2. The predicted molar refractivity (Wildman–Crippen MR) is 70.7 cm³/mol. The summed E-state index contributed by atoms with van der Waals surface area (Å²) in [5.41, 5.74) is 2.19. The van der Waals surface area contributed by atoms with Gasteiger partial charge >= 0.3 is 0 Å². The van der Waals surface area contributed by atoms with Gasteiger partial charge in [-0.2, -0.15) is 0 Å². The SMILES string of the molecule is O=C(Nc1ccc(CBr)cc1)c1ccoc1Cl. The van der Waals surface area contributed by atoms with E-state index in [-0.39, 0.29) is 11.1 Å². The number of alkyl halides is 1. The highest BCUT2D eigenvalue weighted by Gasteiger charge is 2.12. The molecule has 88 valence electrons. The lowest BCUT2D eigenvalue weighted by atomic mass is 10.2. The van der Waals surface area contributed by atoms with E-state index in [9.17, 15) is 4.79 Å². The largest absolute Gasteiger partial charge is 0.452 e. The second-order valence-electron chi connectivity index (χ2n) is 3.39. The maximum atomic E-state index is 11.8. The Hall–Kier alpha value is -1.26. The van der Waals surface area contributed by atoms with Gasteiger partial charge in [-0.1, -0.05) is 28.1 Å². The van der Waals surface area contributed by atoms with Crippen molar-refractivity contribution in [3.05, 3.63) is 52.9 Å². The number of amides is 1. The van der Waals surface area contributed by atoms with Gasteiger partial charge in [0, 0.05) is 11.0 Å². The summed E-state index contributed by atoms with van der Waals surface area (Å²) >= 11 is 9.07. The maximum absolute atomic E-state index is 11.8. The van der Waals surface area contributed by atoms with Gasteiger partial charge in [-0.15, -0.1) is 0 Å². The molecule has 1 heterocycles. The molecular weight excluding hydrogens is 305 g/mol. The Kier molecular flexibility index (Phi) is 3.86. The maximum Gasteiger partial charge on any atom is 0.260 e. The predicted octanol–water partition coefficient (Wildman–Crippen LogP) is 4.08. The molecule has 0 radical (unpaired) electrons. The first-order valence-electron chi connectivity index (χ1n) is 4.90. The molecule has 0 aliphatic heterocycles. The first-order valence-corrected chi connectivity index (χ1v) is 6.40.